The summed E-state index contributed by atoms with van der Waals surface area (Å²) in [5, 5.41) is 10.2. The molecule has 3 N–H and O–H groups in total. The van der Waals surface area contributed by atoms with Crippen LogP contribution in [0.3, 0.4) is 0 Å². The Labute approximate surface area is 214 Å². The summed E-state index contributed by atoms with van der Waals surface area (Å²) in [7, 11) is 0. The first-order chi connectivity index (χ1) is 18.0. The summed E-state index contributed by atoms with van der Waals surface area (Å²) in [5.74, 6) is -0.301. The van der Waals surface area contributed by atoms with Crippen LogP contribution in [0.25, 0.3) is 55.3 Å². The lowest BCUT2D eigenvalue weighted by molar-refractivity contribution is -0.116. The first-order valence-electron chi connectivity index (χ1n) is 11.7. The molecule has 0 unspecified atom stereocenters. The molecule has 37 heavy (non-hydrogen) atoms. The van der Waals surface area contributed by atoms with Crippen LogP contribution in [-0.2, 0) is 4.79 Å². The van der Waals surface area contributed by atoms with Crippen molar-refractivity contribution in [1.29, 1.82) is 0 Å². The Morgan fingerprint density at radius 1 is 1.14 bits per heavy atom. The molecule has 6 aromatic heterocycles. The molecular weight excluding hydrogens is 491 g/mol. The van der Waals surface area contributed by atoms with Gasteiger partial charge in [-0.3, -0.25) is 19.9 Å². The minimum Gasteiger partial charge on any atom is -0.325 e. The number of aromatic amines is 2. The van der Waals surface area contributed by atoms with Crippen LogP contribution < -0.4 is 5.32 Å². The molecule has 0 aromatic carbocycles. The number of aromatic nitrogens is 7. The molecule has 0 aliphatic rings. The van der Waals surface area contributed by atoms with Gasteiger partial charge in [-0.25, -0.2) is 14.4 Å². The molecule has 0 aliphatic carbocycles. The van der Waals surface area contributed by atoms with Crippen molar-refractivity contribution in [3.63, 3.8) is 0 Å². The quantitative estimate of drug-likeness (QED) is 0.256. The molecule has 0 saturated carbocycles. The number of amides is 1. The van der Waals surface area contributed by atoms with E-state index in [-0.39, 0.29) is 17.0 Å². The molecular formula is C26H21FN8OS. The second-order valence-electron chi connectivity index (χ2n) is 8.59. The number of imidazole rings is 1. The molecule has 6 heterocycles. The summed E-state index contributed by atoms with van der Waals surface area (Å²) in [5.41, 5.74) is 3.97. The fourth-order valence-electron chi connectivity index (χ4n) is 4.24. The highest BCUT2D eigenvalue weighted by atomic mass is 32.1. The lowest BCUT2D eigenvalue weighted by atomic mass is 10.1. The highest BCUT2D eigenvalue weighted by Crippen LogP contribution is 2.35. The molecule has 6 rings (SSSR count). The number of nitrogens with one attached hydrogen (secondary N) is 3. The van der Waals surface area contributed by atoms with Crippen molar-refractivity contribution in [2.75, 3.05) is 5.32 Å². The summed E-state index contributed by atoms with van der Waals surface area (Å²) in [6.45, 7) is 3.98. The number of hydrogen-bond acceptors (Lipinski definition) is 7. The molecule has 0 atom stereocenters. The predicted octanol–water partition coefficient (Wildman–Crippen LogP) is 5.87. The zero-order chi connectivity index (χ0) is 25.5. The SMILES string of the molecule is CCCC(=O)Nc1cncc(-c2ncc3[nH]nc(-c4nc5c(-c6ccc(C)s6)ccnc5[nH]4)c3c2F)c1. The first-order valence-corrected chi connectivity index (χ1v) is 12.5. The van der Waals surface area contributed by atoms with E-state index in [1.54, 1.807) is 23.6 Å². The van der Waals surface area contributed by atoms with Gasteiger partial charge in [0.05, 0.1) is 29.0 Å². The van der Waals surface area contributed by atoms with Crippen LogP contribution in [0.4, 0.5) is 10.1 Å². The molecule has 0 fully saturated rings. The molecule has 0 radical (unpaired) electrons. The number of pyridine rings is 3. The van der Waals surface area contributed by atoms with Crippen LogP contribution in [0.1, 0.15) is 24.6 Å². The first kappa shape index (κ1) is 22.9. The maximum absolute atomic E-state index is 16.0. The molecule has 0 saturated heterocycles. The number of rotatable bonds is 6. The van der Waals surface area contributed by atoms with Crippen LogP contribution >= 0.6 is 11.3 Å². The molecule has 0 bridgehead atoms. The van der Waals surface area contributed by atoms with E-state index < -0.39 is 5.82 Å². The Kier molecular flexibility index (Phi) is 5.68. The number of carbonyl (C=O) groups excluding carboxylic acids is 1. The van der Waals surface area contributed by atoms with E-state index in [4.69, 9.17) is 4.98 Å². The van der Waals surface area contributed by atoms with Gasteiger partial charge in [-0.2, -0.15) is 5.10 Å². The largest absolute Gasteiger partial charge is 0.325 e. The number of H-pyrrole nitrogens is 2. The lowest BCUT2D eigenvalue weighted by Crippen LogP contribution is -2.10. The highest BCUT2D eigenvalue weighted by Gasteiger charge is 2.22. The zero-order valence-electron chi connectivity index (χ0n) is 20.0. The van der Waals surface area contributed by atoms with Gasteiger partial charge in [-0.05, 0) is 37.6 Å². The number of thiophene rings is 1. The van der Waals surface area contributed by atoms with Crippen molar-refractivity contribution < 1.29 is 9.18 Å². The van der Waals surface area contributed by atoms with Crippen LogP contribution in [0, 0.1) is 12.7 Å². The summed E-state index contributed by atoms with van der Waals surface area (Å²) in [6.07, 6.45) is 7.38. The van der Waals surface area contributed by atoms with Crippen LogP contribution in [-0.4, -0.2) is 41.0 Å². The molecule has 0 spiro atoms. The fourth-order valence-corrected chi connectivity index (χ4v) is 5.13. The van der Waals surface area contributed by atoms with E-state index >= 15 is 4.39 Å². The number of halogens is 1. The zero-order valence-corrected chi connectivity index (χ0v) is 20.8. The van der Waals surface area contributed by atoms with Gasteiger partial charge in [0.2, 0.25) is 5.91 Å². The van der Waals surface area contributed by atoms with Gasteiger partial charge in [-0.1, -0.05) is 6.92 Å². The van der Waals surface area contributed by atoms with Crippen LogP contribution in [0.2, 0.25) is 0 Å². The molecule has 11 heteroatoms. The Hall–Kier alpha value is -4.51. The third kappa shape index (κ3) is 4.12. The van der Waals surface area contributed by atoms with Crippen molar-refractivity contribution in [1.82, 2.24) is 35.1 Å². The van der Waals surface area contributed by atoms with Gasteiger partial charge in [0, 0.05) is 39.7 Å². The molecule has 9 nitrogen and oxygen atoms in total. The minimum absolute atomic E-state index is 0.0956. The Morgan fingerprint density at radius 2 is 2.03 bits per heavy atom. The van der Waals surface area contributed by atoms with Crippen molar-refractivity contribution >= 4 is 45.0 Å². The minimum atomic E-state index is -0.567. The Balaban J connectivity index is 1.44. The smallest absolute Gasteiger partial charge is 0.224 e. The van der Waals surface area contributed by atoms with Gasteiger partial charge in [0.15, 0.2) is 17.3 Å². The number of hydrogen-bond donors (Lipinski definition) is 3. The van der Waals surface area contributed by atoms with Crippen molar-refractivity contribution in [2.45, 2.75) is 26.7 Å². The maximum atomic E-state index is 16.0. The third-order valence-corrected chi connectivity index (χ3v) is 6.97. The predicted molar refractivity (Wildman–Crippen MR) is 142 cm³/mol. The van der Waals surface area contributed by atoms with E-state index in [1.165, 1.54) is 23.5 Å². The fraction of sp³-hybridized carbons (Fsp3) is 0.154. The van der Waals surface area contributed by atoms with Gasteiger partial charge < -0.3 is 10.3 Å². The summed E-state index contributed by atoms with van der Waals surface area (Å²) >= 11 is 1.67. The lowest BCUT2D eigenvalue weighted by Gasteiger charge is -2.07. The van der Waals surface area contributed by atoms with Crippen LogP contribution in [0.5, 0.6) is 0 Å². The van der Waals surface area contributed by atoms with Gasteiger partial charge in [-0.15, -0.1) is 11.3 Å². The van der Waals surface area contributed by atoms with E-state index in [0.717, 1.165) is 16.9 Å². The van der Waals surface area contributed by atoms with Crippen molar-refractivity contribution in [3.05, 3.63) is 59.7 Å². The number of aryl methyl sites for hydroxylation is 1. The van der Waals surface area contributed by atoms with E-state index in [2.05, 4.69) is 54.5 Å². The second-order valence-corrected chi connectivity index (χ2v) is 9.88. The van der Waals surface area contributed by atoms with Crippen molar-refractivity contribution in [3.8, 4) is 33.2 Å². The number of fused-ring (bicyclic) bond motifs is 2. The Bertz CT molecular complexity index is 1790. The maximum Gasteiger partial charge on any atom is 0.224 e. The standard InChI is InChI=1S/C26H21FN8OS/c1-3-4-19(36)31-15-9-14(10-28-11-15)22-21(27)20-17(12-30-22)34-35-24(20)26-32-23-16(7-8-29-25(23)33-26)18-6-5-13(2)37-18/h5-12H,3-4H2,1-2H3,(H,31,36)(H,34,35)(H,29,32,33). The summed E-state index contributed by atoms with van der Waals surface area (Å²) in [4.78, 5) is 35.1. The average molecular weight is 513 g/mol. The number of carbonyl (C=O) groups is 1. The van der Waals surface area contributed by atoms with Gasteiger partial charge >= 0.3 is 0 Å². The normalized spacial score (nSPS) is 11.4. The van der Waals surface area contributed by atoms with Gasteiger partial charge in [0.1, 0.15) is 16.9 Å². The van der Waals surface area contributed by atoms with E-state index in [0.29, 0.717) is 45.9 Å². The molecule has 0 aliphatic heterocycles. The topological polar surface area (TPSA) is 125 Å². The van der Waals surface area contributed by atoms with Gasteiger partial charge in [0.25, 0.3) is 0 Å². The molecule has 6 aromatic rings. The second kappa shape index (κ2) is 9.17. The van der Waals surface area contributed by atoms with E-state index in [9.17, 15) is 4.79 Å². The summed E-state index contributed by atoms with van der Waals surface area (Å²) < 4.78 is 16.0. The number of anilines is 1. The summed E-state index contributed by atoms with van der Waals surface area (Å²) in [6, 6.07) is 7.68. The monoisotopic (exact) mass is 512 g/mol. The highest BCUT2D eigenvalue weighted by molar-refractivity contribution is 7.15. The number of nitrogens with zero attached hydrogens (tertiary/aromatic N) is 5. The Morgan fingerprint density at radius 3 is 2.84 bits per heavy atom. The molecule has 184 valence electrons. The van der Waals surface area contributed by atoms with E-state index in [1.807, 2.05) is 13.0 Å². The third-order valence-electron chi connectivity index (χ3n) is 5.93. The average Bonchev–Trinajstić information content (AvgIpc) is 3.62. The van der Waals surface area contributed by atoms with Crippen LogP contribution in [0.15, 0.2) is 49.1 Å². The van der Waals surface area contributed by atoms with Crippen molar-refractivity contribution in [2.24, 2.45) is 0 Å². The molecule has 1 amide bonds.